The number of nitrogens with zero attached hydrogens (tertiary/aromatic N) is 2. The number of nitriles is 1. The van der Waals surface area contributed by atoms with Crippen LogP contribution in [0.2, 0.25) is 0 Å². The predicted octanol–water partition coefficient (Wildman–Crippen LogP) is 2.92. The van der Waals surface area contributed by atoms with Gasteiger partial charge in [0.1, 0.15) is 22.7 Å². The van der Waals surface area contributed by atoms with Gasteiger partial charge >= 0.3 is 0 Å². The molecule has 0 aliphatic carbocycles. The summed E-state index contributed by atoms with van der Waals surface area (Å²) in [5.41, 5.74) is 0.273. The van der Waals surface area contributed by atoms with Crippen LogP contribution in [0.15, 0.2) is 47.1 Å². The molecule has 2 saturated heterocycles. The first-order chi connectivity index (χ1) is 12.5. The van der Waals surface area contributed by atoms with Crippen molar-refractivity contribution in [3.8, 4) is 6.07 Å². The Morgan fingerprint density at radius 1 is 1.15 bits per heavy atom. The zero-order chi connectivity index (χ0) is 18.4. The molecule has 4 rings (SSSR count). The summed E-state index contributed by atoms with van der Waals surface area (Å²) in [6.45, 7) is 0. The standard InChI is InChI=1S/C18H12FN3O3S/c19-9-3-5-10(6-4-9)22-17(23)14-13(12-2-1-7-25-12)11(8-20)16(21)26-15(14)18(22)24/h1-7,11,13-15,21H/t11?,13-,14-,15+/m1/s1. The van der Waals surface area contributed by atoms with E-state index in [0.717, 1.165) is 16.7 Å². The summed E-state index contributed by atoms with van der Waals surface area (Å²) in [6.07, 6.45) is 1.43. The largest absolute Gasteiger partial charge is 0.469 e. The lowest BCUT2D eigenvalue weighted by Crippen LogP contribution is -2.39. The van der Waals surface area contributed by atoms with Crippen LogP contribution < -0.4 is 4.90 Å². The van der Waals surface area contributed by atoms with E-state index in [1.807, 2.05) is 0 Å². The second kappa shape index (κ2) is 6.11. The Hall–Kier alpha value is -2.92. The van der Waals surface area contributed by atoms with E-state index < -0.39 is 40.6 Å². The number of nitrogens with one attached hydrogen (secondary N) is 1. The lowest BCUT2D eigenvalue weighted by molar-refractivity contribution is -0.122. The number of carbonyl (C=O) groups excluding carboxylic acids is 2. The van der Waals surface area contributed by atoms with E-state index in [9.17, 15) is 19.2 Å². The van der Waals surface area contributed by atoms with E-state index in [2.05, 4.69) is 6.07 Å². The Labute approximate surface area is 152 Å². The molecule has 2 aliphatic rings. The molecule has 0 radical (unpaired) electrons. The normalized spacial score (nSPS) is 28.2. The number of furan rings is 1. The molecule has 0 spiro atoms. The summed E-state index contributed by atoms with van der Waals surface area (Å²) in [5.74, 6) is -3.39. The number of rotatable bonds is 2. The van der Waals surface area contributed by atoms with Gasteiger partial charge in [0.2, 0.25) is 11.8 Å². The summed E-state index contributed by atoms with van der Waals surface area (Å²) in [6, 6.07) is 10.4. The average Bonchev–Trinajstić information content (AvgIpc) is 3.23. The third-order valence-corrected chi connectivity index (χ3v) is 5.93. The van der Waals surface area contributed by atoms with Crippen molar-refractivity contribution >= 4 is 34.3 Å². The number of anilines is 1. The van der Waals surface area contributed by atoms with E-state index in [1.165, 1.54) is 30.5 Å². The summed E-state index contributed by atoms with van der Waals surface area (Å²) < 4.78 is 18.6. The number of fused-ring (bicyclic) bond motifs is 1. The summed E-state index contributed by atoms with van der Waals surface area (Å²) in [5, 5.41) is 16.9. The molecule has 1 aromatic heterocycles. The van der Waals surface area contributed by atoms with Gasteiger partial charge in [0.15, 0.2) is 0 Å². The molecule has 8 heteroatoms. The first kappa shape index (κ1) is 16.5. The molecule has 1 aromatic carbocycles. The second-order valence-corrected chi connectivity index (χ2v) is 7.25. The van der Waals surface area contributed by atoms with Crippen LogP contribution in [0.1, 0.15) is 11.7 Å². The Morgan fingerprint density at radius 2 is 1.88 bits per heavy atom. The number of thioether (sulfide) groups is 1. The van der Waals surface area contributed by atoms with E-state index in [4.69, 9.17) is 9.83 Å². The van der Waals surface area contributed by atoms with Crippen LogP contribution in [0.5, 0.6) is 0 Å². The first-order valence-corrected chi connectivity index (χ1v) is 8.72. The maximum absolute atomic E-state index is 13.2. The van der Waals surface area contributed by atoms with Crippen LogP contribution in [0.4, 0.5) is 10.1 Å². The number of benzene rings is 1. The van der Waals surface area contributed by atoms with Crippen LogP contribution in [-0.2, 0) is 9.59 Å². The van der Waals surface area contributed by atoms with Crippen molar-refractivity contribution in [3.63, 3.8) is 0 Å². The highest BCUT2D eigenvalue weighted by atomic mass is 32.2. The van der Waals surface area contributed by atoms with Crippen LogP contribution in [0.25, 0.3) is 0 Å². The quantitative estimate of drug-likeness (QED) is 0.821. The van der Waals surface area contributed by atoms with Gasteiger partial charge in [-0.2, -0.15) is 5.26 Å². The monoisotopic (exact) mass is 369 g/mol. The van der Waals surface area contributed by atoms with Gasteiger partial charge in [0, 0.05) is 0 Å². The van der Waals surface area contributed by atoms with Gasteiger partial charge in [-0.25, -0.2) is 9.29 Å². The molecule has 0 bridgehead atoms. The SMILES string of the molecule is N#CC1C(=N)S[C@@H]2C(=O)N(c3ccc(F)cc3)C(=O)[C@@H]2[C@H]1c1ccco1. The van der Waals surface area contributed by atoms with Gasteiger partial charge < -0.3 is 4.42 Å². The number of halogens is 1. The van der Waals surface area contributed by atoms with Crippen molar-refractivity contribution in [3.05, 3.63) is 54.2 Å². The Kier molecular flexibility index (Phi) is 3.89. The highest BCUT2D eigenvalue weighted by Gasteiger charge is 2.59. The molecule has 4 atom stereocenters. The van der Waals surface area contributed by atoms with Gasteiger partial charge in [-0.15, -0.1) is 0 Å². The van der Waals surface area contributed by atoms with Crippen molar-refractivity contribution in [2.75, 3.05) is 4.90 Å². The molecule has 3 heterocycles. The molecular formula is C18H12FN3O3S. The van der Waals surface area contributed by atoms with E-state index in [1.54, 1.807) is 12.1 Å². The smallest absolute Gasteiger partial charge is 0.248 e. The summed E-state index contributed by atoms with van der Waals surface area (Å²) >= 11 is 0.937. The van der Waals surface area contributed by atoms with Crippen molar-refractivity contribution in [1.29, 1.82) is 10.7 Å². The minimum absolute atomic E-state index is 0.0391. The number of carbonyl (C=O) groups is 2. The van der Waals surface area contributed by atoms with Gasteiger partial charge in [-0.3, -0.25) is 15.0 Å². The Bertz CT molecular complexity index is 936. The molecule has 0 saturated carbocycles. The number of amides is 2. The highest BCUT2D eigenvalue weighted by Crippen LogP contribution is 2.50. The third-order valence-electron chi connectivity index (χ3n) is 4.67. The van der Waals surface area contributed by atoms with Gasteiger partial charge in [-0.05, 0) is 36.4 Å². The maximum atomic E-state index is 13.2. The number of imide groups is 1. The summed E-state index contributed by atoms with van der Waals surface area (Å²) in [7, 11) is 0. The fourth-order valence-electron chi connectivity index (χ4n) is 3.52. The van der Waals surface area contributed by atoms with Crippen LogP contribution in [0, 0.1) is 34.4 Å². The number of hydrogen-bond acceptors (Lipinski definition) is 6. The zero-order valence-corrected chi connectivity index (χ0v) is 14.1. The molecule has 26 heavy (non-hydrogen) atoms. The highest BCUT2D eigenvalue weighted by molar-refractivity contribution is 8.15. The van der Waals surface area contributed by atoms with Crippen molar-refractivity contribution in [2.24, 2.45) is 11.8 Å². The molecule has 2 fully saturated rings. The molecule has 2 aliphatic heterocycles. The third kappa shape index (κ3) is 2.35. The maximum Gasteiger partial charge on any atom is 0.248 e. The van der Waals surface area contributed by atoms with Gasteiger partial charge in [0.05, 0.1) is 34.9 Å². The van der Waals surface area contributed by atoms with E-state index in [-0.39, 0.29) is 10.7 Å². The Balaban J connectivity index is 1.80. The van der Waals surface area contributed by atoms with E-state index >= 15 is 0 Å². The van der Waals surface area contributed by atoms with Crippen LogP contribution in [0.3, 0.4) is 0 Å². The lowest BCUT2D eigenvalue weighted by Gasteiger charge is -2.32. The van der Waals surface area contributed by atoms with Crippen molar-refractivity contribution in [2.45, 2.75) is 11.2 Å². The second-order valence-electron chi connectivity index (χ2n) is 6.06. The van der Waals surface area contributed by atoms with Gasteiger partial charge in [-0.1, -0.05) is 11.8 Å². The summed E-state index contributed by atoms with van der Waals surface area (Å²) in [4.78, 5) is 27.0. The zero-order valence-electron chi connectivity index (χ0n) is 13.3. The minimum atomic E-state index is -0.864. The Morgan fingerprint density at radius 3 is 2.50 bits per heavy atom. The molecule has 6 nitrogen and oxygen atoms in total. The predicted molar refractivity (Wildman–Crippen MR) is 92.0 cm³/mol. The fraction of sp³-hybridized carbons (Fsp3) is 0.222. The number of hydrogen-bond donors (Lipinski definition) is 1. The lowest BCUT2D eigenvalue weighted by atomic mass is 9.79. The topological polar surface area (TPSA) is 98.2 Å². The fourth-order valence-corrected chi connectivity index (χ4v) is 4.78. The van der Waals surface area contributed by atoms with E-state index in [0.29, 0.717) is 5.76 Å². The molecule has 1 unspecified atom stereocenters. The van der Waals surface area contributed by atoms with Crippen LogP contribution >= 0.6 is 11.8 Å². The average molecular weight is 369 g/mol. The molecule has 2 aromatic rings. The molecule has 1 N–H and O–H groups in total. The molecular weight excluding hydrogens is 357 g/mol. The van der Waals surface area contributed by atoms with Crippen molar-refractivity contribution in [1.82, 2.24) is 0 Å². The van der Waals surface area contributed by atoms with Gasteiger partial charge in [0.25, 0.3) is 0 Å². The van der Waals surface area contributed by atoms with Crippen molar-refractivity contribution < 1.29 is 18.4 Å². The first-order valence-electron chi connectivity index (χ1n) is 7.84. The van der Waals surface area contributed by atoms with Crippen LogP contribution in [-0.4, -0.2) is 22.1 Å². The minimum Gasteiger partial charge on any atom is -0.469 e. The molecule has 130 valence electrons. The molecule has 2 amide bonds.